The second-order valence-electron chi connectivity index (χ2n) is 9.33. The van der Waals surface area contributed by atoms with Crippen molar-refractivity contribution in [3.63, 3.8) is 0 Å². The lowest BCUT2D eigenvalue weighted by Gasteiger charge is -2.36. The summed E-state index contributed by atoms with van der Waals surface area (Å²) in [4.78, 5) is 36.9. The summed E-state index contributed by atoms with van der Waals surface area (Å²) < 4.78 is 11.3. The Balaban J connectivity index is 1.36. The number of methoxy groups -OCH3 is 1. The van der Waals surface area contributed by atoms with Crippen molar-refractivity contribution in [3.8, 4) is 5.75 Å². The average molecular weight is 555 g/mol. The first kappa shape index (κ1) is 27.2. The highest BCUT2D eigenvalue weighted by Gasteiger charge is 2.41. The van der Waals surface area contributed by atoms with Gasteiger partial charge in [-0.05, 0) is 47.7 Å². The fourth-order valence-corrected chi connectivity index (χ4v) is 5.64. The van der Waals surface area contributed by atoms with Gasteiger partial charge in [0.05, 0.1) is 30.8 Å². The quantitative estimate of drug-likeness (QED) is 0.346. The Morgan fingerprint density at radius 3 is 2.65 bits per heavy atom. The summed E-state index contributed by atoms with van der Waals surface area (Å²) in [6, 6.07) is 22.8. The Kier molecular flexibility index (Phi) is 8.61. The van der Waals surface area contributed by atoms with Gasteiger partial charge >= 0.3 is 5.97 Å². The number of nitrogens with one attached hydrogen (secondary N) is 1. The number of carbonyl (C=O) groups excluding carboxylic acids is 2. The lowest BCUT2D eigenvalue weighted by atomic mass is 9.93. The molecule has 1 aromatic heterocycles. The van der Waals surface area contributed by atoms with Crippen LogP contribution in [0.5, 0.6) is 5.75 Å². The number of benzene rings is 2. The zero-order valence-corrected chi connectivity index (χ0v) is 23.2. The van der Waals surface area contributed by atoms with Crippen LogP contribution in [-0.4, -0.2) is 40.6 Å². The lowest BCUT2D eigenvalue weighted by Crippen LogP contribution is -2.38. The van der Waals surface area contributed by atoms with Crippen molar-refractivity contribution in [1.82, 2.24) is 15.2 Å². The van der Waals surface area contributed by atoms with Crippen LogP contribution in [0.4, 0.5) is 0 Å². The fourth-order valence-electron chi connectivity index (χ4n) is 4.67. The Bertz CT molecular complexity index is 1470. The van der Waals surface area contributed by atoms with Gasteiger partial charge in [-0.15, -0.1) is 0 Å². The molecule has 0 bridgehead atoms. The maximum atomic E-state index is 13.0. The molecule has 0 spiro atoms. The van der Waals surface area contributed by atoms with Crippen molar-refractivity contribution in [2.75, 3.05) is 13.7 Å². The summed E-state index contributed by atoms with van der Waals surface area (Å²) in [5, 5.41) is 5.62. The predicted octanol–water partition coefficient (Wildman–Crippen LogP) is 5.16. The van der Waals surface area contributed by atoms with Gasteiger partial charge in [0.25, 0.3) is 0 Å². The van der Waals surface area contributed by atoms with Gasteiger partial charge in [-0.25, -0.2) is 9.79 Å². The molecule has 40 heavy (non-hydrogen) atoms. The molecule has 0 saturated heterocycles. The SMILES string of the molecule is COC(=O)C1=C(C)N=C2SC=C(CC(=O)NCCc3ccccn3)N2[C@@H]1c1cccc(OCc2ccccc2)c1. The molecule has 204 valence electrons. The summed E-state index contributed by atoms with van der Waals surface area (Å²) in [5.74, 6) is 0.0996. The zero-order valence-electron chi connectivity index (χ0n) is 22.4. The van der Waals surface area contributed by atoms with E-state index in [1.54, 1.807) is 6.20 Å². The zero-order chi connectivity index (χ0) is 27.9. The van der Waals surface area contributed by atoms with Crippen LogP contribution in [0.3, 0.4) is 0 Å². The van der Waals surface area contributed by atoms with Crippen LogP contribution in [0.2, 0.25) is 0 Å². The third-order valence-corrected chi connectivity index (χ3v) is 7.49. The highest BCUT2D eigenvalue weighted by Crippen LogP contribution is 2.45. The maximum Gasteiger partial charge on any atom is 0.338 e. The largest absolute Gasteiger partial charge is 0.489 e. The summed E-state index contributed by atoms with van der Waals surface area (Å²) in [6.07, 6.45) is 2.53. The molecule has 3 aromatic rings. The number of ether oxygens (including phenoxy) is 2. The second-order valence-corrected chi connectivity index (χ2v) is 10.2. The van der Waals surface area contributed by atoms with Crippen LogP contribution < -0.4 is 10.1 Å². The smallest absolute Gasteiger partial charge is 0.338 e. The molecule has 5 rings (SSSR count). The van der Waals surface area contributed by atoms with Crippen molar-refractivity contribution in [2.45, 2.75) is 32.4 Å². The summed E-state index contributed by atoms with van der Waals surface area (Å²) in [5.41, 5.74) is 4.58. The molecule has 0 fully saturated rings. The van der Waals surface area contributed by atoms with E-state index in [2.05, 4.69) is 15.3 Å². The number of carbonyl (C=O) groups is 2. The number of amidine groups is 1. The van der Waals surface area contributed by atoms with Crippen LogP contribution in [0, 0.1) is 0 Å². The van der Waals surface area contributed by atoms with Gasteiger partial charge in [-0.2, -0.15) is 0 Å². The third kappa shape index (κ3) is 6.26. The van der Waals surface area contributed by atoms with Crippen molar-refractivity contribution in [2.24, 2.45) is 4.99 Å². The molecule has 9 heteroatoms. The number of hydrogen-bond donors (Lipinski definition) is 1. The first-order chi connectivity index (χ1) is 19.5. The molecule has 1 atom stereocenters. The standard InChI is InChI=1S/C31H30N4O4S/c1-21-28(30(37)38-2)29(23-11-8-13-26(17-23)39-19-22-9-4-3-5-10-22)35-25(20-40-31(35)34-21)18-27(36)33-16-14-24-12-6-7-15-32-24/h3-13,15,17,20,29H,14,16,18-19H2,1-2H3,(H,33,36)/t29-/m1/s1. The number of aliphatic imine (C=N–C) groups is 1. The van der Waals surface area contributed by atoms with E-state index in [0.29, 0.717) is 41.8 Å². The molecule has 2 aromatic carbocycles. The molecule has 0 saturated carbocycles. The van der Waals surface area contributed by atoms with Crippen LogP contribution in [0.15, 0.2) is 106 Å². The molecule has 1 N–H and O–H groups in total. The average Bonchev–Trinajstić information content (AvgIpc) is 3.37. The van der Waals surface area contributed by atoms with Crippen LogP contribution >= 0.6 is 11.8 Å². The minimum Gasteiger partial charge on any atom is -0.489 e. The van der Waals surface area contributed by atoms with E-state index in [9.17, 15) is 9.59 Å². The fraction of sp³-hybridized carbons (Fsp3) is 0.226. The molecule has 8 nitrogen and oxygen atoms in total. The van der Waals surface area contributed by atoms with Gasteiger partial charge in [-0.3, -0.25) is 9.78 Å². The topological polar surface area (TPSA) is 93.1 Å². The van der Waals surface area contributed by atoms with Crippen LogP contribution in [0.25, 0.3) is 0 Å². The third-order valence-electron chi connectivity index (χ3n) is 6.60. The number of thioether (sulfide) groups is 1. The number of pyridine rings is 1. The van der Waals surface area contributed by atoms with Gasteiger partial charge in [0.1, 0.15) is 12.4 Å². The normalized spacial score (nSPS) is 16.1. The number of allylic oxidation sites excluding steroid dienone is 1. The molecule has 1 amide bonds. The molecule has 0 unspecified atom stereocenters. The first-order valence-corrected chi connectivity index (χ1v) is 13.9. The summed E-state index contributed by atoms with van der Waals surface area (Å²) >= 11 is 1.44. The number of rotatable bonds is 10. The lowest BCUT2D eigenvalue weighted by molar-refractivity contribution is -0.136. The minimum atomic E-state index is -0.525. The van der Waals surface area contributed by atoms with Crippen molar-refractivity contribution in [3.05, 3.63) is 118 Å². The molecule has 0 radical (unpaired) electrons. The Labute approximate surface area is 237 Å². The summed E-state index contributed by atoms with van der Waals surface area (Å²) in [6.45, 7) is 2.71. The van der Waals surface area contributed by atoms with E-state index >= 15 is 0 Å². The van der Waals surface area contributed by atoms with Crippen molar-refractivity contribution >= 4 is 28.8 Å². The molecular weight excluding hydrogens is 524 g/mol. The van der Waals surface area contributed by atoms with Gasteiger partial charge in [-0.1, -0.05) is 60.3 Å². The Morgan fingerprint density at radius 1 is 1.05 bits per heavy atom. The van der Waals surface area contributed by atoms with E-state index in [0.717, 1.165) is 22.5 Å². The van der Waals surface area contributed by atoms with Gasteiger partial charge in [0.15, 0.2) is 5.17 Å². The first-order valence-electron chi connectivity index (χ1n) is 13.0. The van der Waals surface area contributed by atoms with E-state index < -0.39 is 12.0 Å². The number of nitrogens with zero attached hydrogens (tertiary/aromatic N) is 3. The number of hydrogen-bond acceptors (Lipinski definition) is 8. The molecule has 0 aliphatic carbocycles. The molecule has 2 aliphatic heterocycles. The van der Waals surface area contributed by atoms with Gasteiger partial charge in [0, 0.05) is 30.6 Å². The highest BCUT2D eigenvalue weighted by molar-refractivity contribution is 8.16. The summed E-state index contributed by atoms with van der Waals surface area (Å²) in [7, 11) is 1.36. The van der Waals surface area contributed by atoms with Gasteiger partial charge in [0.2, 0.25) is 5.91 Å². The van der Waals surface area contributed by atoms with E-state index in [1.807, 2.05) is 90.0 Å². The molecule has 3 heterocycles. The van der Waals surface area contributed by atoms with Crippen molar-refractivity contribution < 1.29 is 19.1 Å². The number of fused-ring (bicyclic) bond motifs is 1. The number of amides is 1. The maximum absolute atomic E-state index is 13.0. The number of esters is 1. The predicted molar refractivity (Wildman–Crippen MR) is 155 cm³/mol. The molecular formula is C31H30N4O4S. The van der Waals surface area contributed by atoms with E-state index in [1.165, 1.54) is 18.9 Å². The highest BCUT2D eigenvalue weighted by atomic mass is 32.2. The van der Waals surface area contributed by atoms with E-state index in [4.69, 9.17) is 9.47 Å². The monoisotopic (exact) mass is 554 g/mol. The molecule has 2 aliphatic rings. The second kappa shape index (κ2) is 12.7. The Morgan fingerprint density at radius 2 is 1.88 bits per heavy atom. The van der Waals surface area contributed by atoms with Crippen LogP contribution in [-0.2, 0) is 27.4 Å². The Hall–Kier alpha value is -4.37. The van der Waals surface area contributed by atoms with E-state index in [-0.39, 0.29) is 12.3 Å². The minimum absolute atomic E-state index is 0.117. The van der Waals surface area contributed by atoms with Crippen LogP contribution in [0.1, 0.15) is 36.2 Å². The number of aromatic nitrogens is 1. The van der Waals surface area contributed by atoms with Gasteiger partial charge < -0.3 is 19.7 Å². The van der Waals surface area contributed by atoms with Crippen molar-refractivity contribution in [1.29, 1.82) is 0 Å².